The molecule has 0 bridgehead atoms. The van der Waals surface area contributed by atoms with Gasteiger partial charge in [0, 0.05) is 25.8 Å². The molecular formula is C14H26N4O. The molecule has 5 nitrogen and oxygen atoms in total. The fraction of sp³-hybridized carbons (Fsp3) is 0.786. The molecule has 0 radical (unpaired) electrons. The molecule has 1 saturated heterocycles. The lowest BCUT2D eigenvalue weighted by Gasteiger charge is -2.39. The number of hydrogen-bond acceptors (Lipinski definition) is 4. The summed E-state index contributed by atoms with van der Waals surface area (Å²) in [6.07, 6.45) is 5.24. The molecule has 1 aromatic rings. The summed E-state index contributed by atoms with van der Waals surface area (Å²) in [6, 6.07) is 0.292. The van der Waals surface area contributed by atoms with Gasteiger partial charge in [0.2, 0.25) is 0 Å². The maximum absolute atomic E-state index is 5.99. The molecule has 1 aromatic heterocycles. The second-order valence-electron chi connectivity index (χ2n) is 5.14. The largest absolute Gasteiger partial charge is 0.374 e. The molecule has 1 fully saturated rings. The summed E-state index contributed by atoms with van der Waals surface area (Å²) in [5.74, 6) is 0. The van der Waals surface area contributed by atoms with Gasteiger partial charge in [0.25, 0.3) is 0 Å². The van der Waals surface area contributed by atoms with Crippen molar-refractivity contribution in [1.82, 2.24) is 19.8 Å². The van der Waals surface area contributed by atoms with E-state index < -0.39 is 0 Å². The number of nitrogens with zero attached hydrogens (tertiary/aromatic N) is 3. The van der Waals surface area contributed by atoms with Crippen molar-refractivity contribution in [2.45, 2.75) is 39.0 Å². The highest BCUT2D eigenvalue weighted by molar-refractivity contribution is 5.09. The first-order chi connectivity index (χ1) is 9.27. The third-order valence-corrected chi connectivity index (χ3v) is 3.76. The predicted molar refractivity (Wildman–Crippen MR) is 76.2 cm³/mol. The number of aromatic nitrogens is 2. The summed E-state index contributed by atoms with van der Waals surface area (Å²) in [7, 11) is 2.17. The normalized spacial score (nSPS) is 24.8. The lowest BCUT2D eigenvalue weighted by molar-refractivity contribution is -0.0635. The van der Waals surface area contributed by atoms with Crippen LogP contribution in [0.1, 0.15) is 32.0 Å². The van der Waals surface area contributed by atoms with Crippen molar-refractivity contribution < 1.29 is 4.74 Å². The van der Waals surface area contributed by atoms with Crippen molar-refractivity contribution in [3.05, 3.63) is 18.2 Å². The monoisotopic (exact) mass is 266 g/mol. The van der Waals surface area contributed by atoms with E-state index in [1.165, 1.54) is 5.69 Å². The molecule has 0 amide bonds. The number of ether oxygens (including phenoxy) is 1. The van der Waals surface area contributed by atoms with Crippen LogP contribution >= 0.6 is 0 Å². The third-order valence-electron chi connectivity index (χ3n) is 3.76. The Morgan fingerprint density at radius 2 is 2.32 bits per heavy atom. The average molecular weight is 266 g/mol. The van der Waals surface area contributed by atoms with Crippen molar-refractivity contribution in [3.8, 4) is 0 Å². The number of rotatable bonds is 6. The van der Waals surface area contributed by atoms with Gasteiger partial charge in [-0.1, -0.05) is 6.92 Å². The van der Waals surface area contributed by atoms with Crippen LogP contribution in [0.2, 0.25) is 0 Å². The first-order valence-corrected chi connectivity index (χ1v) is 7.30. The number of likely N-dealkylation sites (N-methyl/N-ethyl adjacent to an activating group) is 1. The van der Waals surface area contributed by atoms with Crippen molar-refractivity contribution in [1.29, 1.82) is 0 Å². The summed E-state index contributed by atoms with van der Waals surface area (Å²) in [4.78, 5) is 6.67. The molecule has 1 aliphatic rings. The van der Waals surface area contributed by atoms with E-state index in [1.807, 2.05) is 12.5 Å². The van der Waals surface area contributed by atoms with Crippen LogP contribution in [0.3, 0.4) is 0 Å². The Morgan fingerprint density at radius 3 is 3.05 bits per heavy atom. The van der Waals surface area contributed by atoms with Crippen molar-refractivity contribution in [2.24, 2.45) is 0 Å². The van der Waals surface area contributed by atoms with Gasteiger partial charge in [0.15, 0.2) is 0 Å². The van der Waals surface area contributed by atoms with Crippen LogP contribution < -0.4 is 5.32 Å². The van der Waals surface area contributed by atoms with E-state index in [1.54, 1.807) is 0 Å². The molecule has 1 N–H and O–H groups in total. The van der Waals surface area contributed by atoms with Gasteiger partial charge >= 0.3 is 0 Å². The number of nitrogens with one attached hydrogen (secondary N) is 1. The van der Waals surface area contributed by atoms with Gasteiger partial charge in [0.05, 0.1) is 30.8 Å². The van der Waals surface area contributed by atoms with E-state index in [0.717, 1.165) is 39.2 Å². The smallest absolute Gasteiger partial charge is 0.0948 e. The highest BCUT2D eigenvalue weighted by Crippen LogP contribution is 2.27. The molecule has 0 aliphatic carbocycles. The van der Waals surface area contributed by atoms with E-state index in [-0.39, 0.29) is 6.10 Å². The third kappa shape index (κ3) is 3.35. The summed E-state index contributed by atoms with van der Waals surface area (Å²) in [5.41, 5.74) is 1.26. The second kappa shape index (κ2) is 7.03. The molecule has 5 heteroatoms. The standard InChI is InChI=1S/C14H26N4O/c1-4-6-15-10-13-14(17(3)7-8-19-13)12-9-16-11-18(12)5-2/h9,11,13-15H,4-8,10H2,1-3H3. The Bertz CT molecular complexity index is 379. The van der Waals surface area contributed by atoms with Crippen molar-refractivity contribution >= 4 is 0 Å². The molecule has 2 rings (SSSR count). The molecule has 2 unspecified atom stereocenters. The van der Waals surface area contributed by atoms with Gasteiger partial charge in [-0.05, 0) is 26.9 Å². The van der Waals surface area contributed by atoms with E-state index in [0.29, 0.717) is 6.04 Å². The van der Waals surface area contributed by atoms with Gasteiger partial charge < -0.3 is 14.6 Å². The van der Waals surface area contributed by atoms with Gasteiger partial charge in [0.1, 0.15) is 0 Å². The van der Waals surface area contributed by atoms with E-state index >= 15 is 0 Å². The van der Waals surface area contributed by atoms with Gasteiger partial charge in [-0.15, -0.1) is 0 Å². The quantitative estimate of drug-likeness (QED) is 0.788. The Hall–Kier alpha value is -0.910. The van der Waals surface area contributed by atoms with E-state index in [9.17, 15) is 0 Å². The zero-order valence-electron chi connectivity index (χ0n) is 12.3. The molecule has 2 atom stereocenters. The molecule has 2 heterocycles. The van der Waals surface area contributed by atoms with Gasteiger partial charge in [-0.3, -0.25) is 4.90 Å². The zero-order valence-corrected chi connectivity index (χ0v) is 12.3. The Balaban J connectivity index is 2.11. The highest BCUT2D eigenvalue weighted by atomic mass is 16.5. The topological polar surface area (TPSA) is 42.3 Å². The van der Waals surface area contributed by atoms with Crippen LogP contribution in [-0.4, -0.2) is 53.8 Å². The summed E-state index contributed by atoms with van der Waals surface area (Å²) >= 11 is 0. The highest BCUT2D eigenvalue weighted by Gasteiger charge is 2.33. The van der Waals surface area contributed by atoms with E-state index in [4.69, 9.17) is 4.74 Å². The molecule has 19 heavy (non-hydrogen) atoms. The van der Waals surface area contributed by atoms with Crippen LogP contribution in [0.25, 0.3) is 0 Å². The molecule has 0 spiro atoms. The number of hydrogen-bond donors (Lipinski definition) is 1. The average Bonchev–Trinajstić information content (AvgIpc) is 2.87. The van der Waals surface area contributed by atoms with Crippen LogP contribution in [0.5, 0.6) is 0 Å². The fourth-order valence-corrected chi connectivity index (χ4v) is 2.71. The Kier molecular flexibility index (Phi) is 5.36. The minimum Gasteiger partial charge on any atom is -0.374 e. The first kappa shape index (κ1) is 14.5. The minimum atomic E-state index is 0.201. The summed E-state index contributed by atoms with van der Waals surface area (Å²) in [6.45, 7) is 9.02. The minimum absolute atomic E-state index is 0.201. The SMILES string of the molecule is CCCNCC1OCCN(C)C1c1cncn1CC. The van der Waals surface area contributed by atoms with Crippen molar-refractivity contribution in [2.75, 3.05) is 33.3 Å². The lowest BCUT2D eigenvalue weighted by atomic mass is 10.0. The molecular weight excluding hydrogens is 240 g/mol. The van der Waals surface area contributed by atoms with E-state index in [2.05, 4.69) is 40.7 Å². The lowest BCUT2D eigenvalue weighted by Crippen LogP contribution is -2.48. The van der Waals surface area contributed by atoms with Gasteiger partial charge in [-0.2, -0.15) is 0 Å². The predicted octanol–water partition coefficient (Wildman–Crippen LogP) is 1.27. The summed E-state index contributed by atoms with van der Waals surface area (Å²) in [5, 5.41) is 3.47. The van der Waals surface area contributed by atoms with Crippen LogP contribution in [0, 0.1) is 0 Å². The first-order valence-electron chi connectivity index (χ1n) is 7.30. The van der Waals surface area contributed by atoms with Gasteiger partial charge in [-0.25, -0.2) is 4.98 Å². The van der Waals surface area contributed by atoms with Crippen LogP contribution in [0.15, 0.2) is 12.5 Å². The Labute approximate surface area is 116 Å². The summed E-state index contributed by atoms with van der Waals surface area (Å²) < 4.78 is 8.20. The molecule has 0 saturated carbocycles. The number of morpholine rings is 1. The number of aryl methyl sites for hydroxylation is 1. The Morgan fingerprint density at radius 1 is 1.47 bits per heavy atom. The van der Waals surface area contributed by atoms with Crippen LogP contribution in [-0.2, 0) is 11.3 Å². The molecule has 0 aromatic carbocycles. The maximum atomic E-state index is 5.99. The van der Waals surface area contributed by atoms with Crippen molar-refractivity contribution in [3.63, 3.8) is 0 Å². The maximum Gasteiger partial charge on any atom is 0.0948 e. The second-order valence-corrected chi connectivity index (χ2v) is 5.14. The zero-order chi connectivity index (χ0) is 13.7. The van der Waals surface area contributed by atoms with Crippen LogP contribution in [0.4, 0.5) is 0 Å². The molecule has 108 valence electrons. The fourth-order valence-electron chi connectivity index (χ4n) is 2.71. The number of imidazole rings is 1. The molecule has 1 aliphatic heterocycles.